The number of rotatable bonds is 6. The number of hydrogen-bond donors (Lipinski definition) is 4. The number of ether oxygens (including phenoxy) is 2. The van der Waals surface area contributed by atoms with Crippen molar-refractivity contribution < 1.29 is 29.9 Å². The first-order valence-corrected chi connectivity index (χ1v) is 10.4. The fourth-order valence-electron chi connectivity index (χ4n) is 3.98. The van der Waals surface area contributed by atoms with Gasteiger partial charge < -0.3 is 29.9 Å². The van der Waals surface area contributed by atoms with Crippen LogP contribution in [0.4, 0.5) is 0 Å². The molecule has 1 aliphatic heterocycles. The van der Waals surface area contributed by atoms with Gasteiger partial charge in [0, 0.05) is 17.7 Å². The van der Waals surface area contributed by atoms with Crippen molar-refractivity contribution in [1.29, 1.82) is 0 Å². The molecule has 5 atom stereocenters. The molecule has 1 saturated heterocycles. The zero-order chi connectivity index (χ0) is 22.1. The van der Waals surface area contributed by atoms with Gasteiger partial charge in [0.15, 0.2) is 0 Å². The summed E-state index contributed by atoms with van der Waals surface area (Å²) in [5, 5.41) is 41.4. The summed E-state index contributed by atoms with van der Waals surface area (Å²) in [5.41, 5.74) is 4.28. The van der Waals surface area contributed by atoms with E-state index in [9.17, 15) is 20.4 Å². The fourth-order valence-corrected chi connectivity index (χ4v) is 4.27. The quantitative estimate of drug-likeness (QED) is 0.553. The van der Waals surface area contributed by atoms with E-state index >= 15 is 0 Å². The highest BCUT2D eigenvalue weighted by Gasteiger charge is 2.55. The smallest absolute Gasteiger partial charge is 0.225 e. The molecule has 4 N–H and O–H groups in total. The highest BCUT2D eigenvalue weighted by atomic mass is 35.5. The van der Waals surface area contributed by atoms with Crippen LogP contribution in [0.25, 0.3) is 0 Å². The van der Waals surface area contributed by atoms with Gasteiger partial charge in [-0.3, -0.25) is 0 Å². The summed E-state index contributed by atoms with van der Waals surface area (Å²) < 4.78 is 11.4. The maximum atomic E-state index is 10.8. The summed E-state index contributed by atoms with van der Waals surface area (Å²) in [7, 11) is 1.35. The van der Waals surface area contributed by atoms with E-state index in [4.69, 9.17) is 21.1 Å². The Balaban J connectivity index is 2.04. The summed E-state index contributed by atoms with van der Waals surface area (Å²) in [6, 6.07) is 11.8. The number of halogens is 1. The maximum Gasteiger partial charge on any atom is 0.225 e. The van der Waals surface area contributed by atoms with Crippen LogP contribution in [-0.2, 0) is 28.1 Å². The molecule has 0 spiro atoms. The van der Waals surface area contributed by atoms with E-state index < -0.39 is 36.8 Å². The van der Waals surface area contributed by atoms with Gasteiger partial charge in [-0.2, -0.15) is 0 Å². The molecule has 0 bridgehead atoms. The molecule has 3 rings (SSSR count). The SMILES string of the molecule is CCc1ccc(Cc2cc(C3(OC)OC(CO)C(O)C(O)C3O)c(C)cc2Cl)cc1. The lowest BCUT2D eigenvalue weighted by Gasteiger charge is -2.48. The molecule has 1 aliphatic rings. The Bertz CT molecular complexity index is 869. The van der Waals surface area contributed by atoms with Crippen molar-refractivity contribution in [2.24, 2.45) is 0 Å². The number of aliphatic hydroxyl groups is 4. The van der Waals surface area contributed by atoms with Gasteiger partial charge in [0.1, 0.15) is 24.4 Å². The van der Waals surface area contributed by atoms with Crippen molar-refractivity contribution in [1.82, 2.24) is 0 Å². The van der Waals surface area contributed by atoms with Crippen molar-refractivity contribution in [3.05, 3.63) is 69.2 Å². The largest absolute Gasteiger partial charge is 0.394 e. The molecule has 2 aromatic rings. The first-order valence-electron chi connectivity index (χ1n) is 10.0. The number of benzene rings is 2. The Hall–Kier alpha value is -1.51. The van der Waals surface area contributed by atoms with Crippen LogP contribution in [0.1, 0.15) is 34.7 Å². The Morgan fingerprint density at radius 2 is 1.70 bits per heavy atom. The van der Waals surface area contributed by atoms with E-state index in [1.807, 2.05) is 0 Å². The molecular weight excluding hydrogens is 408 g/mol. The van der Waals surface area contributed by atoms with Crippen LogP contribution in [0.3, 0.4) is 0 Å². The van der Waals surface area contributed by atoms with Crippen molar-refractivity contribution in [3.8, 4) is 0 Å². The normalized spacial score (nSPS) is 29.2. The Labute approximate surface area is 181 Å². The minimum absolute atomic E-state index is 0.478. The first-order chi connectivity index (χ1) is 14.3. The molecular formula is C23H29ClO6. The molecule has 2 aromatic carbocycles. The van der Waals surface area contributed by atoms with Crippen LogP contribution < -0.4 is 0 Å². The molecule has 0 radical (unpaired) electrons. The number of aryl methyl sites for hydroxylation is 2. The van der Waals surface area contributed by atoms with Crippen molar-refractivity contribution in [3.63, 3.8) is 0 Å². The minimum atomic E-state index is -1.76. The summed E-state index contributed by atoms with van der Waals surface area (Å²) >= 11 is 6.51. The van der Waals surface area contributed by atoms with Crippen LogP contribution in [0.5, 0.6) is 0 Å². The third kappa shape index (κ3) is 4.14. The molecule has 6 nitrogen and oxygen atoms in total. The van der Waals surface area contributed by atoms with E-state index in [-0.39, 0.29) is 0 Å². The van der Waals surface area contributed by atoms with Crippen molar-refractivity contribution in [2.75, 3.05) is 13.7 Å². The monoisotopic (exact) mass is 436 g/mol. The Morgan fingerprint density at radius 1 is 1.07 bits per heavy atom. The van der Waals surface area contributed by atoms with E-state index in [0.29, 0.717) is 22.6 Å². The zero-order valence-corrected chi connectivity index (χ0v) is 18.1. The van der Waals surface area contributed by atoms with E-state index in [1.54, 1.807) is 19.1 Å². The predicted molar refractivity (Wildman–Crippen MR) is 113 cm³/mol. The van der Waals surface area contributed by atoms with Gasteiger partial charge in [-0.25, -0.2) is 0 Å². The van der Waals surface area contributed by atoms with E-state index in [2.05, 4.69) is 31.2 Å². The van der Waals surface area contributed by atoms with Crippen LogP contribution in [0, 0.1) is 6.92 Å². The lowest BCUT2D eigenvalue weighted by Crippen LogP contribution is -2.64. The Morgan fingerprint density at radius 3 is 2.27 bits per heavy atom. The molecule has 1 fully saturated rings. The molecule has 5 unspecified atom stereocenters. The minimum Gasteiger partial charge on any atom is -0.394 e. The van der Waals surface area contributed by atoms with Gasteiger partial charge in [-0.1, -0.05) is 42.8 Å². The molecule has 0 saturated carbocycles. The van der Waals surface area contributed by atoms with Gasteiger partial charge in [-0.15, -0.1) is 0 Å². The Kier molecular flexibility index (Phi) is 7.20. The molecule has 164 valence electrons. The zero-order valence-electron chi connectivity index (χ0n) is 17.4. The van der Waals surface area contributed by atoms with Crippen LogP contribution in [0.15, 0.2) is 36.4 Å². The average Bonchev–Trinajstić information content (AvgIpc) is 2.75. The third-order valence-corrected chi connectivity index (χ3v) is 6.20. The second-order valence-corrected chi connectivity index (χ2v) is 8.15. The summed E-state index contributed by atoms with van der Waals surface area (Å²) in [4.78, 5) is 0. The standard InChI is InChI=1S/C23H29ClO6/c1-4-14-5-7-15(8-6-14)10-16-11-17(13(2)9-18(16)24)23(29-3)22(28)21(27)20(26)19(12-25)30-23/h5-9,11,19-22,25-28H,4,10,12H2,1-3H3. The molecule has 1 heterocycles. The molecule has 30 heavy (non-hydrogen) atoms. The highest BCUT2D eigenvalue weighted by molar-refractivity contribution is 6.31. The summed E-state index contributed by atoms with van der Waals surface area (Å²) in [6.45, 7) is 3.35. The highest BCUT2D eigenvalue weighted by Crippen LogP contribution is 2.42. The van der Waals surface area contributed by atoms with E-state index in [1.165, 1.54) is 12.7 Å². The lowest BCUT2D eigenvalue weighted by atomic mass is 9.85. The van der Waals surface area contributed by atoms with Gasteiger partial charge in [-0.05, 0) is 54.2 Å². The second-order valence-electron chi connectivity index (χ2n) is 7.74. The first kappa shape index (κ1) is 23.2. The topological polar surface area (TPSA) is 99.4 Å². The van der Waals surface area contributed by atoms with Gasteiger partial charge >= 0.3 is 0 Å². The van der Waals surface area contributed by atoms with Crippen molar-refractivity contribution >= 4 is 11.6 Å². The molecule has 0 aromatic heterocycles. The van der Waals surface area contributed by atoms with E-state index in [0.717, 1.165) is 17.5 Å². The second kappa shape index (κ2) is 9.32. The van der Waals surface area contributed by atoms with Gasteiger partial charge in [0.2, 0.25) is 5.79 Å². The third-order valence-electron chi connectivity index (χ3n) is 5.85. The van der Waals surface area contributed by atoms with Crippen molar-refractivity contribution in [2.45, 2.75) is 56.9 Å². The molecule has 0 aliphatic carbocycles. The van der Waals surface area contributed by atoms with Crippen LogP contribution >= 0.6 is 11.6 Å². The summed E-state index contributed by atoms with van der Waals surface area (Å²) in [6.07, 6.45) is -4.18. The van der Waals surface area contributed by atoms with Crippen LogP contribution in [-0.4, -0.2) is 58.6 Å². The lowest BCUT2D eigenvalue weighted by molar-refractivity contribution is -0.366. The number of hydrogen-bond acceptors (Lipinski definition) is 6. The molecule has 0 amide bonds. The maximum absolute atomic E-state index is 10.8. The fraction of sp³-hybridized carbons (Fsp3) is 0.478. The summed E-state index contributed by atoms with van der Waals surface area (Å²) in [5.74, 6) is -1.76. The van der Waals surface area contributed by atoms with Crippen LogP contribution in [0.2, 0.25) is 5.02 Å². The number of methoxy groups -OCH3 is 1. The number of aliphatic hydroxyl groups excluding tert-OH is 4. The molecule has 7 heteroatoms. The predicted octanol–water partition coefficient (Wildman–Crippen LogP) is 2.07. The average molecular weight is 437 g/mol. The van der Waals surface area contributed by atoms with Gasteiger partial charge in [0.05, 0.1) is 6.61 Å². The van der Waals surface area contributed by atoms with Gasteiger partial charge in [0.25, 0.3) is 0 Å².